The van der Waals surface area contributed by atoms with Gasteiger partial charge in [-0.3, -0.25) is 9.55 Å². The molecule has 0 N–H and O–H groups in total. The van der Waals surface area contributed by atoms with E-state index in [0.29, 0.717) is 33.0 Å². The van der Waals surface area contributed by atoms with Crippen LogP contribution in [0.1, 0.15) is 31.1 Å². The molecule has 200 valence electrons. The predicted molar refractivity (Wildman–Crippen MR) is 143 cm³/mol. The number of hydrogen-bond donors (Lipinski definition) is 0. The lowest BCUT2D eigenvalue weighted by atomic mass is 10.0. The van der Waals surface area contributed by atoms with Crippen LogP contribution in [-0.2, 0) is 21.3 Å². The molecule has 0 spiro atoms. The first-order valence-corrected chi connectivity index (χ1v) is 14.0. The van der Waals surface area contributed by atoms with Gasteiger partial charge in [0.15, 0.2) is 33.0 Å². The maximum Gasteiger partial charge on any atom is 0.183 e. The van der Waals surface area contributed by atoms with E-state index < -0.39 is 26.5 Å². The molecule has 0 saturated carbocycles. The molecular formula is C25H26BrFN6O4S. The van der Waals surface area contributed by atoms with Gasteiger partial charge in [-0.05, 0) is 60.5 Å². The monoisotopic (exact) mass is 604 g/mol. The molecule has 3 heterocycles. The van der Waals surface area contributed by atoms with Crippen molar-refractivity contribution in [2.45, 2.75) is 37.4 Å². The van der Waals surface area contributed by atoms with Gasteiger partial charge in [0.25, 0.3) is 0 Å². The zero-order valence-electron chi connectivity index (χ0n) is 21.4. The highest BCUT2D eigenvalue weighted by Crippen LogP contribution is 2.38. The molecule has 10 nitrogen and oxygen atoms in total. The minimum absolute atomic E-state index is 0.0451. The Balaban J connectivity index is 1.86. The fourth-order valence-electron chi connectivity index (χ4n) is 3.95. The van der Waals surface area contributed by atoms with Gasteiger partial charge in [0.05, 0.1) is 18.7 Å². The second-order valence-electron chi connectivity index (χ2n) is 8.79. The summed E-state index contributed by atoms with van der Waals surface area (Å²) in [6.45, 7) is 4.31. The lowest BCUT2D eigenvalue weighted by Crippen LogP contribution is -2.39. The van der Waals surface area contributed by atoms with Crippen LogP contribution in [-0.4, -0.2) is 57.6 Å². The van der Waals surface area contributed by atoms with Gasteiger partial charge in [0.2, 0.25) is 0 Å². The minimum Gasteiger partial charge on any atom is -0.494 e. The predicted octanol–water partition coefficient (Wildman–Crippen LogP) is 4.40. The molecule has 1 aromatic carbocycles. The lowest BCUT2D eigenvalue weighted by molar-refractivity contribution is 0.174. The van der Waals surface area contributed by atoms with Gasteiger partial charge in [-0.1, -0.05) is 6.07 Å². The van der Waals surface area contributed by atoms with Gasteiger partial charge < -0.3 is 9.47 Å². The van der Waals surface area contributed by atoms with Crippen LogP contribution in [0.2, 0.25) is 0 Å². The van der Waals surface area contributed by atoms with E-state index in [0.717, 1.165) is 12.5 Å². The Kier molecular flexibility index (Phi) is 7.79. The number of benzene rings is 1. The summed E-state index contributed by atoms with van der Waals surface area (Å²) in [5.41, 5.74) is -0.512. The number of alkyl halides is 1. The molecule has 13 heteroatoms. The SMILES string of the molecule is COc1cccc(OC)c1-n1c(CS(=O)(=O)[C@H](C)[C@](C)(F)c2ncc(Br)cn2)nnc1-c1cncc(C)c1. The Morgan fingerprint density at radius 2 is 1.71 bits per heavy atom. The molecule has 4 rings (SSSR count). The zero-order valence-corrected chi connectivity index (χ0v) is 23.8. The maximum atomic E-state index is 15.9. The Hall–Kier alpha value is -3.45. The van der Waals surface area contributed by atoms with E-state index in [2.05, 4.69) is 41.1 Å². The molecule has 0 bridgehead atoms. The van der Waals surface area contributed by atoms with Gasteiger partial charge in [-0.25, -0.2) is 22.8 Å². The second kappa shape index (κ2) is 10.7. The van der Waals surface area contributed by atoms with E-state index in [1.165, 1.54) is 33.5 Å². The third-order valence-electron chi connectivity index (χ3n) is 6.18. The summed E-state index contributed by atoms with van der Waals surface area (Å²) >= 11 is 3.20. The normalized spacial score (nSPS) is 14.1. The molecule has 38 heavy (non-hydrogen) atoms. The number of hydrogen-bond acceptors (Lipinski definition) is 9. The average Bonchev–Trinajstić information content (AvgIpc) is 3.30. The van der Waals surface area contributed by atoms with Crippen molar-refractivity contribution in [2.24, 2.45) is 0 Å². The topological polar surface area (TPSA) is 122 Å². The van der Waals surface area contributed by atoms with Crippen molar-refractivity contribution in [3.05, 3.63) is 70.7 Å². The van der Waals surface area contributed by atoms with E-state index in [1.54, 1.807) is 35.2 Å². The number of pyridine rings is 1. The van der Waals surface area contributed by atoms with Crippen LogP contribution in [0.4, 0.5) is 4.39 Å². The average molecular weight is 605 g/mol. The number of nitrogens with zero attached hydrogens (tertiary/aromatic N) is 6. The van der Waals surface area contributed by atoms with Crippen molar-refractivity contribution in [3.63, 3.8) is 0 Å². The van der Waals surface area contributed by atoms with Gasteiger partial charge in [0, 0.05) is 30.4 Å². The largest absolute Gasteiger partial charge is 0.494 e. The van der Waals surface area contributed by atoms with Crippen molar-refractivity contribution < 1.29 is 22.3 Å². The standard InChI is InChI=1S/C25H26BrFN6O4S/c1-15-9-17(11-28-10-15)23-32-31-21(33(23)22-19(36-4)7-6-8-20(22)37-5)14-38(34,35)16(2)25(3,27)24-29-12-18(26)13-30-24/h6-13,16H,14H2,1-5H3/t16-,25+/m1/s1. The van der Waals surface area contributed by atoms with E-state index >= 15 is 4.39 Å². The van der Waals surface area contributed by atoms with Crippen molar-refractivity contribution in [3.8, 4) is 28.6 Å². The summed E-state index contributed by atoms with van der Waals surface area (Å²) in [7, 11) is -1.19. The molecule has 0 radical (unpaired) electrons. The third-order valence-corrected chi connectivity index (χ3v) is 8.77. The molecule has 0 aliphatic rings. The van der Waals surface area contributed by atoms with Gasteiger partial charge in [0.1, 0.15) is 28.2 Å². The summed E-state index contributed by atoms with van der Waals surface area (Å²) in [5, 5.41) is 7.01. The maximum absolute atomic E-state index is 15.9. The molecule has 0 amide bonds. The summed E-state index contributed by atoms with van der Waals surface area (Å²) in [5.74, 6) is 0.297. The Morgan fingerprint density at radius 3 is 2.29 bits per heavy atom. The molecular weight excluding hydrogens is 579 g/mol. The molecule has 0 fully saturated rings. The minimum atomic E-state index is -4.16. The fourth-order valence-corrected chi connectivity index (χ4v) is 5.73. The summed E-state index contributed by atoms with van der Waals surface area (Å²) < 4.78 is 56.4. The number of sulfone groups is 1. The van der Waals surface area contributed by atoms with E-state index in [-0.39, 0.29) is 11.6 Å². The van der Waals surface area contributed by atoms with Crippen molar-refractivity contribution in [1.82, 2.24) is 29.7 Å². The number of halogens is 2. The van der Waals surface area contributed by atoms with Gasteiger partial charge >= 0.3 is 0 Å². The van der Waals surface area contributed by atoms with E-state index in [4.69, 9.17) is 9.47 Å². The first-order valence-electron chi connectivity index (χ1n) is 11.5. The van der Waals surface area contributed by atoms with E-state index in [1.807, 2.05) is 13.0 Å². The second-order valence-corrected chi connectivity index (χ2v) is 12.0. The number of aryl methyl sites for hydroxylation is 1. The van der Waals surface area contributed by atoms with Crippen LogP contribution in [0, 0.1) is 6.92 Å². The van der Waals surface area contributed by atoms with Crippen LogP contribution in [0.5, 0.6) is 11.5 Å². The van der Waals surface area contributed by atoms with Crippen molar-refractivity contribution in [1.29, 1.82) is 0 Å². The zero-order chi connectivity index (χ0) is 27.7. The highest BCUT2D eigenvalue weighted by molar-refractivity contribution is 9.10. The number of para-hydroxylation sites is 1. The first-order chi connectivity index (χ1) is 18.0. The van der Waals surface area contributed by atoms with Crippen molar-refractivity contribution in [2.75, 3.05) is 14.2 Å². The smallest absolute Gasteiger partial charge is 0.183 e. The Labute approximate surface area is 228 Å². The Morgan fingerprint density at radius 1 is 1.08 bits per heavy atom. The lowest BCUT2D eigenvalue weighted by Gasteiger charge is -2.26. The molecule has 0 aliphatic heterocycles. The van der Waals surface area contributed by atoms with Crippen LogP contribution in [0.3, 0.4) is 0 Å². The Bertz CT molecular complexity index is 1540. The van der Waals surface area contributed by atoms with E-state index in [9.17, 15) is 8.42 Å². The van der Waals surface area contributed by atoms with Crippen LogP contribution < -0.4 is 9.47 Å². The number of rotatable bonds is 9. The first kappa shape index (κ1) is 27.6. The highest BCUT2D eigenvalue weighted by atomic mass is 79.9. The molecule has 0 unspecified atom stereocenters. The number of methoxy groups -OCH3 is 2. The van der Waals surface area contributed by atoms with Gasteiger partial charge in [-0.2, -0.15) is 0 Å². The molecule has 0 saturated heterocycles. The van der Waals surface area contributed by atoms with Crippen molar-refractivity contribution >= 4 is 25.8 Å². The summed E-state index contributed by atoms with van der Waals surface area (Å²) in [6, 6.07) is 7.01. The quantitative estimate of drug-likeness (QED) is 0.273. The molecule has 3 aromatic heterocycles. The highest BCUT2D eigenvalue weighted by Gasteiger charge is 2.44. The molecule has 4 aromatic rings. The van der Waals surface area contributed by atoms with Crippen LogP contribution in [0.25, 0.3) is 17.1 Å². The number of aromatic nitrogens is 6. The molecule has 2 atom stereocenters. The number of ether oxygens (including phenoxy) is 2. The summed E-state index contributed by atoms with van der Waals surface area (Å²) in [4.78, 5) is 12.2. The molecule has 0 aliphatic carbocycles. The van der Waals surface area contributed by atoms with Crippen LogP contribution >= 0.6 is 15.9 Å². The third kappa shape index (κ3) is 5.25. The fraction of sp³-hybridized carbons (Fsp3) is 0.320. The van der Waals surface area contributed by atoms with Crippen LogP contribution in [0.15, 0.2) is 53.5 Å². The van der Waals surface area contributed by atoms with Gasteiger partial charge in [-0.15, -0.1) is 10.2 Å². The summed E-state index contributed by atoms with van der Waals surface area (Å²) in [6.07, 6.45) is 6.02.